The molecular weight excluding hydrogens is 356 g/mol. The Hall–Kier alpha value is -2.05. The van der Waals surface area contributed by atoms with E-state index in [0.717, 1.165) is 10.2 Å². The Labute approximate surface area is 133 Å². The number of rotatable bonds is 2. The van der Waals surface area contributed by atoms with E-state index in [0.29, 0.717) is 27.3 Å². The Morgan fingerprint density at radius 1 is 1.29 bits per heavy atom. The number of anilines is 3. The average Bonchev–Trinajstić information content (AvgIpc) is 2.45. The zero-order chi connectivity index (χ0) is 15.0. The molecule has 0 amide bonds. The summed E-state index contributed by atoms with van der Waals surface area (Å²) in [6.45, 7) is 0. The van der Waals surface area contributed by atoms with Crippen LogP contribution in [0.2, 0.25) is 5.02 Å². The van der Waals surface area contributed by atoms with Crippen LogP contribution in [0.15, 0.2) is 45.9 Å². The third kappa shape index (κ3) is 2.72. The first kappa shape index (κ1) is 13.9. The largest absolute Gasteiger partial charge is 0.397 e. The number of nitrogens with zero attached hydrogens (tertiary/aromatic N) is 1. The summed E-state index contributed by atoms with van der Waals surface area (Å²) in [6, 6.07) is 8.80. The van der Waals surface area contributed by atoms with Crippen LogP contribution in [0.25, 0.3) is 10.9 Å². The molecule has 0 saturated carbocycles. The number of aromatic nitrogens is 2. The summed E-state index contributed by atoms with van der Waals surface area (Å²) in [5, 5.41) is 4.27. The molecule has 4 N–H and O–H groups in total. The number of nitrogens with two attached hydrogens (primary N) is 1. The lowest BCUT2D eigenvalue weighted by molar-refractivity contribution is 1.17. The summed E-state index contributed by atoms with van der Waals surface area (Å²) >= 11 is 9.33. The molecule has 0 spiro atoms. The van der Waals surface area contributed by atoms with E-state index in [2.05, 4.69) is 31.2 Å². The van der Waals surface area contributed by atoms with E-state index in [-0.39, 0.29) is 5.56 Å². The number of halogens is 2. The van der Waals surface area contributed by atoms with E-state index in [1.54, 1.807) is 18.2 Å². The van der Waals surface area contributed by atoms with Crippen LogP contribution in [0.3, 0.4) is 0 Å². The number of benzene rings is 2. The smallest absolute Gasteiger partial charge is 0.258 e. The molecule has 2 aromatic carbocycles. The second kappa shape index (κ2) is 5.38. The quantitative estimate of drug-likeness (QED) is 0.605. The van der Waals surface area contributed by atoms with Crippen molar-refractivity contribution in [2.45, 2.75) is 0 Å². The van der Waals surface area contributed by atoms with Gasteiger partial charge in [-0.05, 0) is 46.3 Å². The monoisotopic (exact) mass is 364 g/mol. The number of hydrogen-bond donors (Lipinski definition) is 3. The zero-order valence-corrected chi connectivity index (χ0v) is 13.0. The van der Waals surface area contributed by atoms with Crippen LogP contribution in [-0.4, -0.2) is 9.97 Å². The van der Waals surface area contributed by atoms with Crippen molar-refractivity contribution in [2.75, 3.05) is 11.1 Å². The van der Waals surface area contributed by atoms with Crippen molar-refractivity contribution in [3.63, 3.8) is 0 Å². The number of hydrogen-bond acceptors (Lipinski definition) is 4. The van der Waals surface area contributed by atoms with Crippen LogP contribution >= 0.6 is 27.5 Å². The predicted octanol–water partition coefficient (Wildman–Crippen LogP) is 3.66. The van der Waals surface area contributed by atoms with Crippen LogP contribution in [0, 0.1) is 0 Å². The Morgan fingerprint density at radius 3 is 2.86 bits per heavy atom. The van der Waals surface area contributed by atoms with E-state index in [4.69, 9.17) is 17.3 Å². The van der Waals surface area contributed by atoms with Crippen molar-refractivity contribution < 1.29 is 0 Å². The number of aromatic amines is 1. The lowest BCUT2D eigenvalue weighted by Gasteiger charge is -2.11. The van der Waals surface area contributed by atoms with Gasteiger partial charge in [0.05, 0.1) is 33.6 Å². The van der Waals surface area contributed by atoms with Gasteiger partial charge in [0.15, 0.2) is 0 Å². The van der Waals surface area contributed by atoms with Crippen LogP contribution in [0.5, 0.6) is 0 Å². The summed E-state index contributed by atoms with van der Waals surface area (Å²) in [4.78, 5) is 18.3. The molecule has 0 aliphatic carbocycles. The zero-order valence-electron chi connectivity index (χ0n) is 10.7. The Bertz CT molecular complexity index is 894. The SMILES string of the molecule is Nc1cc2c(=O)[nH]cnc2cc1Nc1ccc(Cl)c(Br)c1. The molecule has 3 aromatic rings. The Kier molecular flexibility index (Phi) is 3.57. The van der Waals surface area contributed by atoms with Crippen molar-refractivity contribution in [3.8, 4) is 0 Å². The second-order valence-electron chi connectivity index (χ2n) is 4.44. The van der Waals surface area contributed by atoms with Crippen LogP contribution in [-0.2, 0) is 0 Å². The molecule has 0 unspecified atom stereocenters. The first-order valence-corrected chi connectivity index (χ1v) is 7.20. The van der Waals surface area contributed by atoms with Crippen molar-refractivity contribution in [3.05, 3.63) is 56.5 Å². The van der Waals surface area contributed by atoms with E-state index in [9.17, 15) is 4.79 Å². The van der Waals surface area contributed by atoms with Gasteiger partial charge in [-0.15, -0.1) is 0 Å². The first-order valence-electron chi connectivity index (χ1n) is 6.03. The molecule has 0 atom stereocenters. The third-order valence-electron chi connectivity index (χ3n) is 3.01. The highest BCUT2D eigenvalue weighted by Crippen LogP contribution is 2.30. The van der Waals surface area contributed by atoms with Crippen LogP contribution in [0.1, 0.15) is 0 Å². The molecule has 5 nitrogen and oxygen atoms in total. The molecule has 106 valence electrons. The maximum atomic E-state index is 11.7. The van der Waals surface area contributed by atoms with E-state index in [1.165, 1.54) is 6.33 Å². The molecule has 0 saturated heterocycles. The molecule has 1 aromatic heterocycles. The molecule has 21 heavy (non-hydrogen) atoms. The summed E-state index contributed by atoms with van der Waals surface area (Å²) in [6.07, 6.45) is 1.36. The molecule has 7 heteroatoms. The summed E-state index contributed by atoms with van der Waals surface area (Å²) < 4.78 is 0.781. The maximum absolute atomic E-state index is 11.7. The lowest BCUT2D eigenvalue weighted by Crippen LogP contribution is -2.07. The standard InChI is InChI=1S/C14H10BrClN4O/c15-9-3-7(1-2-10(9)16)20-13-5-12-8(4-11(13)17)14(21)19-6-18-12/h1-6,20H,17H2,(H,18,19,21). The minimum Gasteiger partial charge on any atom is -0.397 e. The third-order valence-corrected chi connectivity index (χ3v) is 4.22. The average molecular weight is 366 g/mol. The Morgan fingerprint density at radius 2 is 2.10 bits per heavy atom. The van der Waals surface area contributed by atoms with E-state index in [1.807, 2.05) is 12.1 Å². The molecular formula is C14H10BrClN4O. The van der Waals surface area contributed by atoms with Gasteiger partial charge in [-0.1, -0.05) is 11.6 Å². The van der Waals surface area contributed by atoms with Gasteiger partial charge in [0.1, 0.15) is 0 Å². The molecule has 0 fully saturated rings. The molecule has 3 rings (SSSR count). The fourth-order valence-electron chi connectivity index (χ4n) is 1.97. The van der Waals surface area contributed by atoms with Gasteiger partial charge in [-0.25, -0.2) is 4.98 Å². The fraction of sp³-hybridized carbons (Fsp3) is 0. The Balaban J connectivity index is 2.06. The maximum Gasteiger partial charge on any atom is 0.258 e. The highest BCUT2D eigenvalue weighted by Gasteiger charge is 2.07. The topological polar surface area (TPSA) is 83.8 Å². The number of nitrogen functional groups attached to an aromatic ring is 1. The first-order chi connectivity index (χ1) is 10.0. The van der Waals surface area contributed by atoms with Crippen LogP contribution < -0.4 is 16.6 Å². The predicted molar refractivity (Wildman–Crippen MR) is 89.2 cm³/mol. The number of fused-ring (bicyclic) bond motifs is 1. The van der Waals surface area contributed by atoms with Gasteiger partial charge in [0.2, 0.25) is 0 Å². The van der Waals surface area contributed by atoms with E-state index < -0.39 is 0 Å². The molecule has 1 heterocycles. The normalized spacial score (nSPS) is 10.8. The molecule has 0 aliphatic heterocycles. The number of nitrogens with one attached hydrogen (secondary N) is 2. The highest BCUT2D eigenvalue weighted by atomic mass is 79.9. The summed E-state index contributed by atoms with van der Waals surface area (Å²) in [7, 11) is 0. The van der Waals surface area contributed by atoms with E-state index >= 15 is 0 Å². The fourth-order valence-corrected chi connectivity index (χ4v) is 2.47. The van der Waals surface area contributed by atoms with Crippen molar-refractivity contribution in [1.29, 1.82) is 0 Å². The summed E-state index contributed by atoms with van der Waals surface area (Å²) in [5.41, 5.74) is 8.31. The second-order valence-corrected chi connectivity index (χ2v) is 5.70. The minimum absolute atomic E-state index is 0.215. The highest BCUT2D eigenvalue weighted by molar-refractivity contribution is 9.10. The summed E-state index contributed by atoms with van der Waals surface area (Å²) in [5.74, 6) is 0. The van der Waals surface area contributed by atoms with Gasteiger partial charge in [0, 0.05) is 10.2 Å². The van der Waals surface area contributed by atoms with Gasteiger partial charge in [0.25, 0.3) is 5.56 Å². The minimum atomic E-state index is -0.215. The van der Waals surface area contributed by atoms with Crippen LogP contribution in [0.4, 0.5) is 17.1 Å². The molecule has 0 radical (unpaired) electrons. The van der Waals surface area contributed by atoms with Gasteiger partial charge in [-0.3, -0.25) is 4.79 Å². The molecule has 0 aliphatic rings. The van der Waals surface area contributed by atoms with Gasteiger partial charge in [-0.2, -0.15) is 0 Å². The van der Waals surface area contributed by atoms with Gasteiger partial charge < -0.3 is 16.0 Å². The number of H-pyrrole nitrogens is 1. The van der Waals surface area contributed by atoms with Crippen molar-refractivity contribution in [2.24, 2.45) is 0 Å². The molecule has 0 bridgehead atoms. The van der Waals surface area contributed by atoms with Crippen molar-refractivity contribution in [1.82, 2.24) is 9.97 Å². The lowest BCUT2D eigenvalue weighted by atomic mass is 10.2. The van der Waals surface area contributed by atoms with Crippen molar-refractivity contribution >= 4 is 55.5 Å². The van der Waals surface area contributed by atoms with Gasteiger partial charge >= 0.3 is 0 Å².